The van der Waals surface area contributed by atoms with Gasteiger partial charge in [-0.05, 0) is 41.1 Å². The van der Waals surface area contributed by atoms with Gasteiger partial charge in [0.05, 0.1) is 5.39 Å². The standard InChI is InChI=1S/C15H14BrN3OS/c1-8(2)11-7-9(16)3-4-12(11)20-13-10-5-6-21-14(10)19-15(17)18-13/h3-8H,1-2H3,(H2,17,18,19). The van der Waals surface area contributed by atoms with E-state index in [2.05, 4.69) is 45.8 Å². The van der Waals surface area contributed by atoms with Crippen molar-refractivity contribution in [1.82, 2.24) is 9.97 Å². The van der Waals surface area contributed by atoms with Gasteiger partial charge in [0, 0.05) is 4.47 Å². The predicted octanol–water partition coefficient (Wildman–Crippen LogP) is 4.95. The van der Waals surface area contributed by atoms with Crippen LogP contribution in [0.2, 0.25) is 0 Å². The molecule has 0 radical (unpaired) electrons. The molecule has 0 saturated carbocycles. The van der Waals surface area contributed by atoms with Crippen LogP contribution >= 0.6 is 27.3 Å². The lowest BCUT2D eigenvalue weighted by molar-refractivity contribution is 0.460. The number of halogens is 1. The maximum absolute atomic E-state index is 6.03. The minimum absolute atomic E-state index is 0.225. The van der Waals surface area contributed by atoms with E-state index >= 15 is 0 Å². The lowest BCUT2D eigenvalue weighted by Gasteiger charge is -2.14. The maximum Gasteiger partial charge on any atom is 0.232 e. The number of anilines is 1. The van der Waals surface area contributed by atoms with Crippen molar-refractivity contribution in [2.24, 2.45) is 0 Å². The molecule has 4 nitrogen and oxygen atoms in total. The monoisotopic (exact) mass is 363 g/mol. The highest BCUT2D eigenvalue weighted by atomic mass is 79.9. The number of thiophene rings is 1. The molecule has 3 aromatic rings. The number of aromatic nitrogens is 2. The van der Waals surface area contributed by atoms with Gasteiger partial charge in [-0.15, -0.1) is 11.3 Å². The van der Waals surface area contributed by atoms with Crippen LogP contribution in [0.25, 0.3) is 10.2 Å². The topological polar surface area (TPSA) is 61.0 Å². The highest BCUT2D eigenvalue weighted by Crippen LogP contribution is 2.35. The molecule has 0 amide bonds. The Bertz CT molecular complexity index is 801. The fraction of sp³-hybridized carbons (Fsp3) is 0.200. The summed E-state index contributed by atoms with van der Waals surface area (Å²) in [5, 5.41) is 2.84. The van der Waals surface area contributed by atoms with Gasteiger partial charge in [-0.25, -0.2) is 4.98 Å². The molecule has 1 aromatic carbocycles. The molecule has 108 valence electrons. The predicted molar refractivity (Wildman–Crippen MR) is 90.1 cm³/mol. The van der Waals surface area contributed by atoms with Gasteiger partial charge in [-0.3, -0.25) is 0 Å². The Hall–Kier alpha value is -1.66. The number of rotatable bonds is 3. The fourth-order valence-electron chi connectivity index (χ4n) is 2.09. The van der Waals surface area contributed by atoms with E-state index in [9.17, 15) is 0 Å². The zero-order valence-electron chi connectivity index (χ0n) is 11.6. The molecule has 0 aliphatic heterocycles. The highest BCUT2D eigenvalue weighted by Gasteiger charge is 2.14. The van der Waals surface area contributed by atoms with E-state index in [-0.39, 0.29) is 5.95 Å². The number of ether oxygens (including phenoxy) is 1. The Morgan fingerprint density at radius 2 is 2.05 bits per heavy atom. The summed E-state index contributed by atoms with van der Waals surface area (Å²) in [5.41, 5.74) is 6.87. The molecular formula is C15H14BrN3OS. The van der Waals surface area contributed by atoms with Crippen molar-refractivity contribution in [2.45, 2.75) is 19.8 Å². The number of nitrogens with two attached hydrogens (primary N) is 1. The number of hydrogen-bond acceptors (Lipinski definition) is 5. The number of benzene rings is 1. The van der Waals surface area contributed by atoms with Crippen LogP contribution in [0.3, 0.4) is 0 Å². The van der Waals surface area contributed by atoms with Crippen molar-refractivity contribution >= 4 is 43.4 Å². The summed E-state index contributed by atoms with van der Waals surface area (Å²) >= 11 is 5.02. The van der Waals surface area contributed by atoms with Crippen LogP contribution in [0, 0.1) is 0 Å². The van der Waals surface area contributed by atoms with Crippen LogP contribution in [0.1, 0.15) is 25.3 Å². The van der Waals surface area contributed by atoms with Crippen LogP contribution in [0.15, 0.2) is 34.1 Å². The molecule has 2 aromatic heterocycles. The van der Waals surface area contributed by atoms with Crippen molar-refractivity contribution in [2.75, 3.05) is 5.73 Å². The Labute approximate surface area is 135 Å². The first-order chi connectivity index (χ1) is 10.0. The molecular weight excluding hydrogens is 350 g/mol. The first-order valence-corrected chi connectivity index (χ1v) is 8.20. The third-order valence-electron chi connectivity index (χ3n) is 3.11. The van der Waals surface area contributed by atoms with E-state index in [0.29, 0.717) is 11.8 Å². The molecule has 0 aliphatic rings. The number of nitrogens with zero attached hydrogens (tertiary/aromatic N) is 2. The van der Waals surface area contributed by atoms with Crippen molar-refractivity contribution in [3.63, 3.8) is 0 Å². The largest absolute Gasteiger partial charge is 0.438 e. The molecule has 2 N–H and O–H groups in total. The van der Waals surface area contributed by atoms with Gasteiger partial charge in [0.2, 0.25) is 11.8 Å². The molecule has 0 unspecified atom stereocenters. The fourth-order valence-corrected chi connectivity index (χ4v) is 3.23. The molecule has 0 atom stereocenters. The van der Waals surface area contributed by atoms with Crippen LogP contribution in [-0.2, 0) is 0 Å². The molecule has 0 spiro atoms. The van der Waals surface area contributed by atoms with Crippen molar-refractivity contribution < 1.29 is 4.74 Å². The molecule has 0 bridgehead atoms. The van der Waals surface area contributed by atoms with E-state index in [1.807, 2.05) is 23.6 Å². The first-order valence-electron chi connectivity index (χ1n) is 6.52. The normalized spacial score (nSPS) is 11.2. The minimum Gasteiger partial charge on any atom is -0.438 e. The van der Waals surface area contributed by atoms with E-state index in [1.54, 1.807) is 0 Å². The SMILES string of the molecule is CC(C)c1cc(Br)ccc1Oc1nc(N)nc2sccc12. The van der Waals surface area contributed by atoms with E-state index in [1.165, 1.54) is 11.3 Å². The van der Waals surface area contributed by atoms with Crippen molar-refractivity contribution in [1.29, 1.82) is 0 Å². The minimum atomic E-state index is 0.225. The molecule has 0 aliphatic carbocycles. The van der Waals surface area contributed by atoms with Gasteiger partial charge < -0.3 is 10.5 Å². The van der Waals surface area contributed by atoms with Gasteiger partial charge in [-0.1, -0.05) is 29.8 Å². The van der Waals surface area contributed by atoms with Crippen LogP contribution in [0.5, 0.6) is 11.6 Å². The van der Waals surface area contributed by atoms with Gasteiger partial charge in [0.1, 0.15) is 10.6 Å². The number of hydrogen-bond donors (Lipinski definition) is 1. The summed E-state index contributed by atoms with van der Waals surface area (Å²) in [6.45, 7) is 4.26. The Balaban J connectivity index is 2.08. The molecule has 2 heterocycles. The second-order valence-corrected chi connectivity index (χ2v) is 6.78. The lowest BCUT2D eigenvalue weighted by Crippen LogP contribution is -1.99. The average Bonchev–Trinajstić information content (AvgIpc) is 2.88. The van der Waals surface area contributed by atoms with Crippen LogP contribution in [-0.4, -0.2) is 9.97 Å². The van der Waals surface area contributed by atoms with Crippen molar-refractivity contribution in [3.05, 3.63) is 39.7 Å². The van der Waals surface area contributed by atoms with E-state index in [0.717, 1.165) is 26.0 Å². The van der Waals surface area contributed by atoms with Crippen molar-refractivity contribution in [3.8, 4) is 11.6 Å². The van der Waals surface area contributed by atoms with Gasteiger partial charge >= 0.3 is 0 Å². The van der Waals surface area contributed by atoms with Gasteiger partial charge in [0.25, 0.3) is 0 Å². The zero-order valence-corrected chi connectivity index (χ0v) is 14.0. The first kappa shape index (κ1) is 14.3. The molecule has 0 saturated heterocycles. The molecule has 3 rings (SSSR count). The summed E-state index contributed by atoms with van der Waals surface area (Å²) in [6, 6.07) is 7.91. The van der Waals surface area contributed by atoms with Crippen LogP contribution in [0.4, 0.5) is 5.95 Å². The summed E-state index contributed by atoms with van der Waals surface area (Å²) in [4.78, 5) is 9.27. The quantitative estimate of drug-likeness (QED) is 0.714. The molecule has 6 heteroatoms. The maximum atomic E-state index is 6.03. The average molecular weight is 364 g/mol. The molecule has 0 fully saturated rings. The smallest absolute Gasteiger partial charge is 0.232 e. The zero-order chi connectivity index (χ0) is 15.0. The number of nitrogen functional groups attached to an aromatic ring is 1. The van der Waals surface area contributed by atoms with Gasteiger partial charge in [0.15, 0.2) is 0 Å². The third kappa shape index (κ3) is 2.87. The van der Waals surface area contributed by atoms with E-state index in [4.69, 9.17) is 10.5 Å². The Morgan fingerprint density at radius 3 is 2.81 bits per heavy atom. The molecule has 21 heavy (non-hydrogen) atoms. The van der Waals surface area contributed by atoms with Gasteiger partial charge in [-0.2, -0.15) is 4.98 Å². The van der Waals surface area contributed by atoms with E-state index < -0.39 is 0 Å². The summed E-state index contributed by atoms with van der Waals surface area (Å²) in [6.07, 6.45) is 0. The summed E-state index contributed by atoms with van der Waals surface area (Å²) < 4.78 is 7.06. The number of fused-ring (bicyclic) bond motifs is 1. The lowest BCUT2D eigenvalue weighted by atomic mass is 10.0. The second-order valence-electron chi connectivity index (χ2n) is 4.97. The Kier molecular flexibility index (Phi) is 3.82. The Morgan fingerprint density at radius 1 is 1.24 bits per heavy atom. The van der Waals surface area contributed by atoms with Crippen LogP contribution < -0.4 is 10.5 Å². The summed E-state index contributed by atoms with van der Waals surface area (Å²) in [5.74, 6) is 1.86. The highest BCUT2D eigenvalue weighted by molar-refractivity contribution is 9.10. The second kappa shape index (κ2) is 5.61. The third-order valence-corrected chi connectivity index (χ3v) is 4.41. The summed E-state index contributed by atoms with van der Waals surface area (Å²) in [7, 11) is 0.